The first-order valence-electron chi connectivity index (χ1n) is 3.62. The van der Waals surface area contributed by atoms with Gasteiger partial charge in [0.1, 0.15) is 10.3 Å². The molecule has 0 aliphatic carbocycles. The number of aromatic nitrogens is 1. The minimum atomic E-state index is -0.856. The Labute approximate surface area is 85.3 Å². The molecule has 5 heteroatoms. The number of carbonyl (C=O) groups is 1. The predicted molar refractivity (Wildman–Crippen MR) is 50.2 cm³/mol. The topological polar surface area (TPSA) is 50.2 Å². The first kappa shape index (κ1) is 10.3. The Bertz CT molecular complexity index is 328. The van der Waals surface area contributed by atoms with Gasteiger partial charge >= 0.3 is 5.97 Å². The Morgan fingerprint density at radius 1 is 1.46 bits per heavy atom. The highest BCUT2D eigenvalue weighted by molar-refractivity contribution is 6.32. The zero-order chi connectivity index (χ0) is 9.84. The standard InChI is InChI=1S/C8H7Cl2NO2/c9-6-3-1-5(8(10)11-6)2-4-7(12)13/h1,3H,2,4H2,(H,12,13). The Hall–Kier alpha value is -0.800. The minimum absolute atomic E-state index is 0.0447. The van der Waals surface area contributed by atoms with Gasteiger partial charge < -0.3 is 5.11 Å². The fraction of sp³-hybridized carbons (Fsp3) is 0.250. The van der Waals surface area contributed by atoms with Crippen LogP contribution in [0.5, 0.6) is 0 Å². The smallest absolute Gasteiger partial charge is 0.303 e. The average molecular weight is 220 g/mol. The van der Waals surface area contributed by atoms with Gasteiger partial charge in [0, 0.05) is 6.42 Å². The molecule has 0 fully saturated rings. The molecule has 0 saturated heterocycles. The van der Waals surface area contributed by atoms with Gasteiger partial charge in [-0.25, -0.2) is 4.98 Å². The summed E-state index contributed by atoms with van der Waals surface area (Å²) in [6.07, 6.45) is 0.418. The molecule has 3 nitrogen and oxygen atoms in total. The summed E-state index contributed by atoms with van der Waals surface area (Å²) in [6, 6.07) is 3.27. The maximum absolute atomic E-state index is 10.3. The van der Waals surface area contributed by atoms with E-state index in [-0.39, 0.29) is 11.6 Å². The van der Waals surface area contributed by atoms with E-state index in [1.165, 1.54) is 0 Å². The van der Waals surface area contributed by atoms with E-state index in [4.69, 9.17) is 28.3 Å². The Morgan fingerprint density at radius 3 is 2.69 bits per heavy atom. The zero-order valence-corrected chi connectivity index (χ0v) is 8.14. The highest BCUT2D eigenvalue weighted by Gasteiger charge is 2.04. The first-order valence-corrected chi connectivity index (χ1v) is 4.38. The predicted octanol–water partition coefficient (Wildman–Crippen LogP) is 2.41. The Kier molecular flexibility index (Phi) is 3.51. The van der Waals surface area contributed by atoms with Gasteiger partial charge in [0.2, 0.25) is 0 Å². The molecule has 0 bridgehead atoms. The molecule has 0 aliphatic heterocycles. The normalized spacial score (nSPS) is 10.0. The second-order valence-corrected chi connectivity index (χ2v) is 3.22. The van der Waals surface area contributed by atoms with Crippen LogP contribution in [0.1, 0.15) is 12.0 Å². The summed E-state index contributed by atoms with van der Waals surface area (Å²) < 4.78 is 0. The highest BCUT2D eigenvalue weighted by atomic mass is 35.5. The van der Waals surface area contributed by atoms with Crippen molar-refractivity contribution in [3.63, 3.8) is 0 Å². The summed E-state index contributed by atoms with van der Waals surface area (Å²) in [5.74, 6) is -0.856. The lowest BCUT2D eigenvalue weighted by molar-refractivity contribution is -0.136. The van der Waals surface area contributed by atoms with E-state index in [1.54, 1.807) is 12.1 Å². The van der Waals surface area contributed by atoms with E-state index in [1.807, 2.05) is 0 Å². The van der Waals surface area contributed by atoms with Crippen molar-refractivity contribution < 1.29 is 9.90 Å². The largest absolute Gasteiger partial charge is 0.481 e. The number of aryl methyl sites for hydroxylation is 1. The van der Waals surface area contributed by atoms with Crippen molar-refractivity contribution in [2.24, 2.45) is 0 Å². The molecule has 1 heterocycles. The van der Waals surface area contributed by atoms with E-state index in [2.05, 4.69) is 4.98 Å². The second kappa shape index (κ2) is 4.44. The number of carboxylic acids is 1. The van der Waals surface area contributed by atoms with E-state index < -0.39 is 5.97 Å². The SMILES string of the molecule is O=C(O)CCc1ccc(Cl)nc1Cl. The van der Waals surface area contributed by atoms with Gasteiger partial charge in [0.25, 0.3) is 0 Å². The molecule has 1 aromatic rings. The molecule has 70 valence electrons. The van der Waals surface area contributed by atoms with Gasteiger partial charge in [-0.1, -0.05) is 29.3 Å². The molecule has 1 aromatic heterocycles. The number of pyridine rings is 1. The minimum Gasteiger partial charge on any atom is -0.481 e. The Morgan fingerprint density at radius 2 is 2.15 bits per heavy atom. The van der Waals surface area contributed by atoms with Crippen LogP contribution in [-0.2, 0) is 11.2 Å². The summed E-state index contributed by atoms with van der Waals surface area (Å²) in [5, 5.41) is 9.01. The highest BCUT2D eigenvalue weighted by Crippen LogP contribution is 2.17. The summed E-state index contributed by atoms with van der Waals surface area (Å²) in [5.41, 5.74) is 0.702. The third-order valence-corrected chi connectivity index (χ3v) is 2.04. The molecule has 0 saturated carbocycles. The van der Waals surface area contributed by atoms with Crippen molar-refractivity contribution in [3.05, 3.63) is 28.0 Å². The van der Waals surface area contributed by atoms with Gasteiger partial charge in [-0.3, -0.25) is 4.79 Å². The maximum atomic E-state index is 10.3. The van der Waals surface area contributed by atoms with Gasteiger partial charge in [-0.15, -0.1) is 0 Å². The summed E-state index contributed by atoms with van der Waals surface area (Å²) >= 11 is 11.3. The van der Waals surface area contributed by atoms with Crippen molar-refractivity contribution in [3.8, 4) is 0 Å². The molecule has 0 radical (unpaired) electrons. The van der Waals surface area contributed by atoms with Crippen LogP contribution in [0.3, 0.4) is 0 Å². The van der Waals surface area contributed by atoms with Crippen LogP contribution in [-0.4, -0.2) is 16.1 Å². The van der Waals surface area contributed by atoms with E-state index in [0.29, 0.717) is 17.1 Å². The Balaban J connectivity index is 2.72. The second-order valence-electron chi connectivity index (χ2n) is 2.48. The fourth-order valence-corrected chi connectivity index (χ4v) is 1.31. The number of rotatable bonds is 3. The third kappa shape index (κ3) is 3.20. The van der Waals surface area contributed by atoms with Gasteiger partial charge in [-0.2, -0.15) is 0 Å². The number of hydrogen-bond donors (Lipinski definition) is 1. The number of aliphatic carboxylic acids is 1. The van der Waals surface area contributed by atoms with Gasteiger partial charge in [0.15, 0.2) is 0 Å². The molecule has 0 spiro atoms. The van der Waals surface area contributed by atoms with Gasteiger partial charge in [0.05, 0.1) is 0 Å². The number of hydrogen-bond acceptors (Lipinski definition) is 2. The summed E-state index contributed by atoms with van der Waals surface area (Å²) in [7, 11) is 0. The van der Waals surface area contributed by atoms with Crippen LogP contribution in [0.4, 0.5) is 0 Å². The molecular weight excluding hydrogens is 213 g/mol. The van der Waals surface area contributed by atoms with E-state index >= 15 is 0 Å². The van der Waals surface area contributed by atoms with Crippen LogP contribution in [0.2, 0.25) is 10.3 Å². The van der Waals surface area contributed by atoms with E-state index in [0.717, 1.165) is 0 Å². The molecule has 1 N–H and O–H groups in total. The number of carboxylic acid groups (broad SMARTS) is 1. The monoisotopic (exact) mass is 219 g/mol. The molecule has 0 amide bonds. The lowest BCUT2D eigenvalue weighted by atomic mass is 10.2. The lowest BCUT2D eigenvalue weighted by Gasteiger charge is -2.00. The van der Waals surface area contributed by atoms with Crippen LogP contribution in [0, 0.1) is 0 Å². The van der Waals surface area contributed by atoms with Crippen molar-refractivity contribution in [2.45, 2.75) is 12.8 Å². The van der Waals surface area contributed by atoms with Crippen LogP contribution >= 0.6 is 23.2 Å². The first-order chi connectivity index (χ1) is 6.09. The molecule has 0 aromatic carbocycles. The molecule has 1 rings (SSSR count). The number of nitrogens with zero attached hydrogens (tertiary/aromatic N) is 1. The van der Waals surface area contributed by atoms with Crippen LogP contribution in [0.25, 0.3) is 0 Å². The van der Waals surface area contributed by atoms with Crippen LogP contribution in [0.15, 0.2) is 12.1 Å². The lowest BCUT2D eigenvalue weighted by Crippen LogP contribution is -1.98. The van der Waals surface area contributed by atoms with E-state index in [9.17, 15) is 4.79 Å². The summed E-state index contributed by atoms with van der Waals surface area (Å²) in [4.78, 5) is 14.1. The van der Waals surface area contributed by atoms with Gasteiger partial charge in [-0.05, 0) is 18.1 Å². The number of halogens is 2. The molecular formula is C8H7Cl2NO2. The van der Waals surface area contributed by atoms with Crippen molar-refractivity contribution in [1.82, 2.24) is 4.98 Å². The molecule has 0 aliphatic rings. The third-order valence-electron chi connectivity index (χ3n) is 1.50. The molecule has 0 atom stereocenters. The van der Waals surface area contributed by atoms with Crippen molar-refractivity contribution in [1.29, 1.82) is 0 Å². The average Bonchev–Trinajstić information content (AvgIpc) is 2.02. The zero-order valence-electron chi connectivity index (χ0n) is 6.63. The molecule has 13 heavy (non-hydrogen) atoms. The van der Waals surface area contributed by atoms with Crippen molar-refractivity contribution >= 4 is 29.2 Å². The van der Waals surface area contributed by atoms with Crippen molar-refractivity contribution in [2.75, 3.05) is 0 Å². The summed E-state index contributed by atoms with van der Waals surface area (Å²) in [6.45, 7) is 0. The maximum Gasteiger partial charge on any atom is 0.303 e. The quantitative estimate of drug-likeness (QED) is 0.795. The molecule has 0 unspecified atom stereocenters. The van der Waals surface area contributed by atoms with Crippen LogP contribution < -0.4 is 0 Å². The fourth-order valence-electron chi connectivity index (χ4n) is 0.869.